The number of rotatable bonds is 1. The first-order valence-electron chi connectivity index (χ1n) is 5.61. The number of carbonyl (C=O) groups excluding carboxylic acids is 2. The Kier molecular flexibility index (Phi) is 2.67. The van der Waals surface area contributed by atoms with E-state index in [1.54, 1.807) is 0 Å². The Morgan fingerprint density at radius 3 is 2.67 bits per heavy atom. The number of hydrogen-bond acceptors (Lipinski definition) is 3. The van der Waals surface area contributed by atoms with E-state index in [9.17, 15) is 9.59 Å². The Morgan fingerprint density at radius 1 is 1.40 bits per heavy atom. The molecule has 0 aromatic rings. The summed E-state index contributed by atoms with van der Waals surface area (Å²) in [6.07, 6.45) is 5.49. The third-order valence-corrected chi connectivity index (χ3v) is 3.40. The van der Waals surface area contributed by atoms with E-state index in [0.29, 0.717) is 6.42 Å². The molecule has 2 fully saturated rings. The normalized spacial score (nSPS) is 28.9. The highest BCUT2D eigenvalue weighted by molar-refractivity contribution is 5.78. The summed E-state index contributed by atoms with van der Waals surface area (Å²) in [6, 6.07) is -0.109. The number of carbonyl (C=O) groups is 2. The molecule has 1 N–H and O–H groups in total. The zero-order chi connectivity index (χ0) is 10.9. The van der Waals surface area contributed by atoms with Gasteiger partial charge in [0.2, 0.25) is 5.91 Å². The van der Waals surface area contributed by atoms with Crippen molar-refractivity contribution in [3.8, 4) is 0 Å². The van der Waals surface area contributed by atoms with Crippen molar-refractivity contribution in [2.75, 3.05) is 0 Å². The quantitative estimate of drug-likeness (QED) is 0.662. The maximum atomic E-state index is 11.3. The SMILES string of the molecule is CC(=O)NC1CC(=O)OC12CCCCC2. The van der Waals surface area contributed by atoms with Gasteiger partial charge in [0.05, 0.1) is 12.5 Å². The smallest absolute Gasteiger partial charge is 0.308 e. The van der Waals surface area contributed by atoms with E-state index in [-0.39, 0.29) is 23.5 Å². The van der Waals surface area contributed by atoms with Crippen molar-refractivity contribution in [1.29, 1.82) is 0 Å². The van der Waals surface area contributed by atoms with Gasteiger partial charge in [-0.3, -0.25) is 9.59 Å². The molecule has 1 atom stereocenters. The maximum Gasteiger partial charge on any atom is 0.308 e. The molecule has 1 saturated carbocycles. The molecule has 1 aliphatic heterocycles. The second-order valence-electron chi connectivity index (χ2n) is 4.56. The topological polar surface area (TPSA) is 55.4 Å². The van der Waals surface area contributed by atoms with E-state index < -0.39 is 0 Å². The number of esters is 1. The van der Waals surface area contributed by atoms with Gasteiger partial charge < -0.3 is 10.1 Å². The lowest BCUT2D eigenvalue weighted by molar-refractivity contribution is -0.152. The lowest BCUT2D eigenvalue weighted by atomic mass is 9.79. The summed E-state index contributed by atoms with van der Waals surface area (Å²) in [5, 5.41) is 2.85. The molecule has 84 valence electrons. The van der Waals surface area contributed by atoms with Gasteiger partial charge >= 0.3 is 5.97 Å². The highest BCUT2D eigenvalue weighted by Gasteiger charge is 2.49. The zero-order valence-electron chi connectivity index (χ0n) is 9.04. The van der Waals surface area contributed by atoms with Crippen LogP contribution in [0.5, 0.6) is 0 Å². The van der Waals surface area contributed by atoms with Crippen LogP contribution in [-0.2, 0) is 14.3 Å². The Balaban J connectivity index is 2.12. The van der Waals surface area contributed by atoms with Crippen LogP contribution in [0.25, 0.3) is 0 Å². The van der Waals surface area contributed by atoms with Gasteiger partial charge in [0.15, 0.2) is 0 Å². The van der Waals surface area contributed by atoms with E-state index in [0.717, 1.165) is 25.7 Å². The van der Waals surface area contributed by atoms with Crippen LogP contribution in [-0.4, -0.2) is 23.5 Å². The van der Waals surface area contributed by atoms with Crippen LogP contribution < -0.4 is 5.32 Å². The first kappa shape index (κ1) is 10.5. The van der Waals surface area contributed by atoms with Gasteiger partial charge in [0, 0.05) is 6.92 Å². The molecule has 0 bridgehead atoms. The molecule has 1 heterocycles. The highest BCUT2D eigenvalue weighted by atomic mass is 16.6. The van der Waals surface area contributed by atoms with Gasteiger partial charge in [0.25, 0.3) is 0 Å². The fourth-order valence-electron chi connectivity index (χ4n) is 2.72. The summed E-state index contributed by atoms with van der Waals surface area (Å²) in [6.45, 7) is 1.49. The van der Waals surface area contributed by atoms with Gasteiger partial charge in [-0.2, -0.15) is 0 Å². The molecule has 0 aromatic carbocycles. The fourth-order valence-corrected chi connectivity index (χ4v) is 2.72. The highest BCUT2D eigenvalue weighted by Crippen LogP contribution is 2.40. The fraction of sp³-hybridized carbons (Fsp3) is 0.818. The van der Waals surface area contributed by atoms with E-state index in [4.69, 9.17) is 4.74 Å². The third kappa shape index (κ3) is 1.98. The lowest BCUT2D eigenvalue weighted by Crippen LogP contribution is -2.50. The van der Waals surface area contributed by atoms with Crippen LogP contribution >= 0.6 is 0 Å². The van der Waals surface area contributed by atoms with Crippen molar-refractivity contribution in [3.05, 3.63) is 0 Å². The average molecular weight is 211 g/mol. The minimum absolute atomic E-state index is 0.0803. The van der Waals surface area contributed by atoms with Gasteiger partial charge in [-0.05, 0) is 25.7 Å². The minimum Gasteiger partial charge on any atom is -0.457 e. The molecule has 1 unspecified atom stereocenters. The van der Waals surface area contributed by atoms with Crippen LogP contribution in [0, 0.1) is 0 Å². The van der Waals surface area contributed by atoms with E-state index in [1.807, 2.05) is 0 Å². The molecule has 0 aromatic heterocycles. The Hall–Kier alpha value is -1.06. The number of hydrogen-bond donors (Lipinski definition) is 1. The van der Waals surface area contributed by atoms with Crippen molar-refractivity contribution in [2.24, 2.45) is 0 Å². The van der Waals surface area contributed by atoms with Crippen LogP contribution in [0.15, 0.2) is 0 Å². The van der Waals surface area contributed by atoms with Gasteiger partial charge in [0.1, 0.15) is 5.60 Å². The summed E-state index contributed by atoms with van der Waals surface area (Å²) in [5.74, 6) is -0.251. The molecule has 4 heteroatoms. The molecule has 1 amide bonds. The van der Waals surface area contributed by atoms with Crippen molar-refractivity contribution >= 4 is 11.9 Å². The van der Waals surface area contributed by atoms with Crippen LogP contribution in [0.2, 0.25) is 0 Å². The summed E-state index contributed by atoms with van der Waals surface area (Å²) in [7, 11) is 0. The van der Waals surface area contributed by atoms with Gasteiger partial charge in [-0.15, -0.1) is 0 Å². The van der Waals surface area contributed by atoms with E-state index >= 15 is 0 Å². The van der Waals surface area contributed by atoms with E-state index in [1.165, 1.54) is 13.3 Å². The number of nitrogens with one attached hydrogen (secondary N) is 1. The summed E-state index contributed by atoms with van der Waals surface area (Å²) < 4.78 is 5.45. The van der Waals surface area contributed by atoms with Crippen molar-refractivity contribution in [1.82, 2.24) is 5.32 Å². The molecule has 1 saturated heterocycles. The van der Waals surface area contributed by atoms with Crippen LogP contribution in [0.3, 0.4) is 0 Å². The second kappa shape index (κ2) is 3.83. The van der Waals surface area contributed by atoms with Crippen molar-refractivity contribution < 1.29 is 14.3 Å². The van der Waals surface area contributed by atoms with Gasteiger partial charge in [-0.1, -0.05) is 6.42 Å². The Morgan fingerprint density at radius 2 is 2.07 bits per heavy atom. The van der Waals surface area contributed by atoms with E-state index in [2.05, 4.69) is 5.32 Å². The second-order valence-corrected chi connectivity index (χ2v) is 4.56. The molecule has 0 radical (unpaired) electrons. The molecule has 2 aliphatic rings. The molecule has 15 heavy (non-hydrogen) atoms. The number of amides is 1. The monoisotopic (exact) mass is 211 g/mol. The Bertz CT molecular complexity index is 282. The first-order chi connectivity index (χ1) is 7.12. The number of ether oxygens (including phenoxy) is 1. The van der Waals surface area contributed by atoms with Crippen LogP contribution in [0.1, 0.15) is 45.4 Å². The summed E-state index contributed by atoms with van der Waals surface area (Å²) in [5.41, 5.74) is -0.388. The standard InChI is InChI=1S/C11H17NO3/c1-8(13)12-9-7-10(14)15-11(9)5-3-2-4-6-11/h9H,2-7H2,1H3,(H,12,13). The predicted molar refractivity (Wildman–Crippen MR) is 54.1 cm³/mol. The van der Waals surface area contributed by atoms with Crippen molar-refractivity contribution in [2.45, 2.75) is 57.1 Å². The summed E-state index contributed by atoms with van der Waals surface area (Å²) >= 11 is 0. The molecular weight excluding hydrogens is 194 g/mol. The minimum atomic E-state index is -0.388. The molecular formula is C11H17NO3. The molecule has 1 spiro atoms. The lowest BCUT2D eigenvalue weighted by Gasteiger charge is -2.36. The van der Waals surface area contributed by atoms with Gasteiger partial charge in [-0.25, -0.2) is 0 Å². The largest absolute Gasteiger partial charge is 0.457 e. The summed E-state index contributed by atoms with van der Waals surface area (Å²) in [4.78, 5) is 22.4. The van der Waals surface area contributed by atoms with Crippen LogP contribution in [0.4, 0.5) is 0 Å². The zero-order valence-corrected chi connectivity index (χ0v) is 9.04. The van der Waals surface area contributed by atoms with Crippen molar-refractivity contribution in [3.63, 3.8) is 0 Å². The molecule has 1 aliphatic carbocycles. The predicted octanol–water partition coefficient (Wildman–Crippen LogP) is 1.14. The average Bonchev–Trinajstić information content (AvgIpc) is 2.43. The molecule has 2 rings (SSSR count). The third-order valence-electron chi connectivity index (χ3n) is 3.40. The maximum absolute atomic E-state index is 11.3. The molecule has 4 nitrogen and oxygen atoms in total. The first-order valence-corrected chi connectivity index (χ1v) is 5.61. The Labute approximate surface area is 89.4 Å².